The number of methoxy groups -OCH3 is 3. The minimum atomic E-state index is -4.67. The number of rotatable bonds is 7. The Morgan fingerprint density at radius 3 is 2.28 bits per heavy atom. The molecule has 1 saturated carbocycles. The van der Waals surface area contributed by atoms with Crippen LogP contribution in [0.1, 0.15) is 75.3 Å². The summed E-state index contributed by atoms with van der Waals surface area (Å²) in [5.41, 5.74) is -1.62. The van der Waals surface area contributed by atoms with Gasteiger partial charge in [-0.3, -0.25) is 28.5 Å². The molecule has 1 aliphatic carbocycles. The highest BCUT2D eigenvalue weighted by Gasteiger charge is 2.80. The number of aromatic nitrogens is 1. The van der Waals surface area contributed by atoms with E-state index in [0.29, 0.717) is 82.6 Å². The number of carbonyl (C=O) groups excluding carboxylic acids is 3. The van der Waals surface area contributed by atoms with Crippen molar-refractivity contribution >= 4 is 44.9 Å². The number of H-pyrrole nitrogens is 1. The number of anilines is 1. The number of hydrogen-bond donors (Lipinski definition) is 5. The molecule has 6 heterocycles. The van der Waals surface area contributed by atoms with Crippen LogP contribution in [0.3, 0.4) is 0 Å². The highest BCUT2D eigenvalue weighted by molar-refractivity contribution is 7.79. The van der Waals surface area contributed by atoms with Gasteiger partial charge in [0.2, 0.25) is 5.60 Å². The molecular formula is C46H60N4O13S. The number of esters is 3. The lowest BCUT2D eigenvalue weighted by Gasteiger charge is -2.63. The summed E-state index contributed by atoms with van der Waals surface area (Å²) >= 11 is 0. The monoisotopic (exact) mass is 908 g/mol. The number of nitrogens with one attached hydrogen (secondary N) is 1. The standard InChI is InChI=1S/C46H58N4O9.H2O4S/c1-8-42(54)23-28-24-45(40(52)57-6,36-30(15-19-49(25-28)26-42)29-13-10-11-14-33(29)47-36)32-21-31-34(22-35(32)56-5)48(4)38-44(31)17-20-50-18-12-16-43(9-2,37(44)50)39(59-27(3)51)46(38,55)41(53)58-7;1-5(2,3)4/h10-14,16,21-22,28,37-39,47,54-55H,8-9,15,17-20,23-26H2,1-7H3;(H2,1,2,3,4)/t28-,37-,38+,39-,42-,43+,44+,45-,46+;/m1./s1. The highest BCUT2D eigenvalue weighted by atomic mass is 32.3. The quantitative estimate of drug-likeness (QED) is 0.0992. The van der Waals surface area contributed by atoms with Crippen LogP contribution in [0.5, 0.6) is 5.75 Å². The molecule has 6 aliphatic rings. The van der Waals surface area contributed by atoms with Crippen LogP contribution in [-0.2, 0) is 56.2 Å². The van der Waals surface area contributed by atoms with Crippen molar-refractivity contribution in [2.75, 3.05) is 66.0 Å². The van der Waals surface area contributed by atoms with Crippen LogP contribution < -0.4 is 9.64 Å². The van der Waals surface area contributed by atoms with E-state index >= 15 is 4.79 Å². The van der Waals surface area contributed by atoms with E-state index in [0.717, 1.165) is 33.4 Å². The van der Waals surface area contributed by atoms with Crippen LogP contribution in [0.2, 0.25) is 0 Å². The number of aliphatic hydroxyl groups is 2. The van der Waals surface area contributed by atoms with E-state index in [1.54, 1.807) is 7.11 Å². The SMILES string of the molecule is CC[C@@]1(O)C[C@H]2CN(CCc3c([nH]c4ccccc34)[C@](C(=O)OC)(c3cc4c(cc3OC)N(C)[C@@H]3[C@@](O)(C(=O)OC)[C@H](OC(C)=O)[C@@]5(CC)C=CCN6CC[C@@]43[C@H]65)C2)C1.O=S(=O)(O)O. The number of fused-ring (bicyclic) bond motifs is 6. The summed E-state index contributed by atoms with van der Waals surface area (Å²) in [7, 11) is 1.49. The number of benzene rings is 2. The number of ether oxygens (including phenoxy) is 4. The van der Waals surface area contributed by atoms with Crippen molar-refractivity contribution in [3.8, 4) is 5.75 Å². The van der Waals surface area contributed by atoms with Gasteiger partial charge >= 0.3 is 28.3 Å². The Morgan fingerprint density at radius 1 is 0.938 bits per heavy atom. The molecule has 64 heavy (non-hydrogen) atoms. The van der Waals surface area contributed by atoms with E-state index < -0.39 is 67.9 Å². The lowest BCUT2D eigenvalue weighted by Crippen LogP contribution is -2.81. The van der Waals surface area contributed by atoms with E-state index in [9.17, 15) is 19.8 Å². The average Bonchev–Trinajstić information content (AvgIpc) is 3.92. The van der Waals surface area contributed by atoms with E-state index in [4.69, 9.17) is 36.5 Å². The predicted octanol–water partition coefficient (Wildman–Crippen LogP) is 3.34. The van der Waals surface area contributed by atoms with Gasteiger partial charge in [-0.1, -0.05) is 44.2 Å². The van der Waals surface area contributed by atoms with Gasteiger partial charge in [0.1, 0.15) is 11.2 Å². The van der Waals surface area contributed by atoms with Crippen LogP contribution in [0.15, 0.2) is 48.6 Å². The van der Waals surface area contributed by atoms with Crippen molar-refractivity contribution in [2.24, 2.45) is 11.3 Å². The largest absolute Gasteiger partial charge is 0.496 e. The average molecular weight is 909 g/mol. The van der Waals surface area contributed by atoms with Gasteiger partial charge in [-0.25, -0.2) is 4.79 Å². The molecule has 2 bridgehead atoms. The maximum Gasteiger partial charge on any atom is 0.394 e. The molecule has 2 aromatic carbocycles. The summed E-state index contributed by atoms with van der Waals surface area (Å²) in [6, 6.07) is 11.0. The highest BCUT2D eigenvalue weighted by Crippen LogP contribution is 2.68. The summed E-state index contributed by atoms with van der Waals surface area (Å²) in [4.78, 5) is 53.2. The van der Waals surface area contributed by atoms with Crippen molar-refractivity contribution < 1.29 is 61.1 Å². The van der Waals surface area contributed by atoms with Gasteiger partial charge in [0, 0.05) is 90.9 Å². The zero-order chi connectivity index (χ0) is 46.4. The smallest absolute Gasteiger partial charge is 0.394 e. The fourth-order valence-corrected chi connectivity index (χ4v) is 13.5. The molecular weight excluding hydrogens is 849 g/mol. The van der Waals surface area contributed by atoms with Crippen LogP contribution >= 0.6 is 0 Å². The zero-order valence-electron chi connectivity index (χ0n) is 37.4. The van der Waals surface area contributed by atoms with E-state index in [1.165, 1.54) is 21.1 Å². The number of hydrogen-bond acceptors (Lipinski definition) is 14. The molecule has 5 aliphatic heterocycles. The van der Waals surface area contributed by atoms with Gasteiger partial charge in [0.15, 0.2) is 6.10 Å². The second kappa shape index (κ2) is 16.1. The second-order valence-electron chi connectivity index (χ2n) is 18.7. The summed E-state index contributed by atoms with van der Waals surface area (Å²) in [6.45, 7) is 8.62. The minimum absolute atomic E-state index is 0.0986. The van der Waals surface area contributed by atoms with Crippen LogP contribution in [0, 0.1) is 11.3 Å². The normalized spacial score (nSPS) is 35.0. The van der Waals surface area contributed by atoms with Crippen LogP contribution in [0.4, 0.5) is 5.69 Å². The van der Waals surface area contributed by atoms with Gasteiger partial charge in [0.25, 0.3) is 0 Å². The van der Waals surface area contributed by atoms with Gasteiger partial charge in [-0.05, 0) is 74.2 Å². The molecule has 348 valence electrons. The summed E-state index contributed by atoms with van der Waals surface area (Å²) in [6.07, 6.45) is 5.94. The first-order valence-electron chi connectivity index (χ1n) is 21.9. The first kappa shape index (κ1) is 46.0. The molecule has 10 atom stereocenters. The fraction of sp³-hybridized carbons (Fsp3) is 0.587. The van der Waals surface area contributed by atoms with Crippen molar-refractivity contribution in [2.45, 2.75) is 99.5 Å². The molecule has 17 nitrogen and oxygen atoms in total. The molecule has 0 radical (unpaired) electrons. The topological polar surface area (TPSA) is 229 Å². The van der Waals surface area contributed by atoms with Crippen molar-refractivity contribution in [1.82, 2.24) is 14.8 Å². The zero-order valence-corrected chi connectivity index (χ0v) is 38.2. The predicted molar refractivity (Wildman–Crippen MR) is 235 cm³/mol. The Kier molecular flexibility index (Phi) is 11.6. The molecule has 1 aromatic heterocycles. The first-order chi connectivity index (χ1) is 30.2. The lowest BCUT2D eigenvalue weighted by molar-refractivity contribution is -0.228. The first-order valence-corrected chi connectivity index (χ1v) is 23.3. The summed E-state index contributed by atoms with van der Waals surface area (Å²) in [5, 5.41) is 26.3. The van der Waals surface area contributed by atoms with Crippen LogP contribution in [0.25, 0.3) is 10.9 Å². The Hall–Kier alpha value is -4.56. The number of aromatic amines is 1. The van der Waals surface area contributed by atoms with Crippen LogP contribution in [-0.4, -0.2) is 151 Å². The number of piperidine rings is 1. The second-order valence-corrected chi connectivity index (χ2v) is 19.5. The Bertz CT molecular complexity index is 2500. The fourth-order valence-electron chi connectivity index (χ4n) is 13.5. The minimum Gasteiger partial charge on any atom is -0.496 e. The molecule has 5 N–H and O–H groups in total. The number of para-hydroxylation sites is 1. The number of carbonyl (C=O) groups is 3. The number of likely N-dealkylation sites (N-methyl/N-ethyl adjacent to an activating group) is 1. The molecule has 0 amide bonds. The number of nitrogens with zero attached hydrogens (tertiary/aromatic N) is 3. The molecule has 2 saturated heterocycles. The molecule has 1 spiro atoms. The Morgan fingerprint density at radius 2 is 1.64 bits per heavy atom. The Labute approximate surface area is 373 Å². The Balaban J connectivity index is 0.00000106. The molecule has 3 aromatic rings. The van der Waals surface area contributed by atoms with E-state index in [1.807, 2.05) is 50.1 Å². The third-order valence-electron chi connectivity index (χ3n) is 15.6. The summed E-state index contributed by atoms with van der Waals surface area (Å²) in [5.74, 6) is -1.56. The molecule has 1 unspecified atom stereocenters. The van der Waals surface area contributed by atoms with Crippen molar-refractivity contribution in [3.63, 3.8) is 0 Å². The van der Waals surface area contributed by atoms with Crippen molar-refractivity contribution in [1.29, 1.82) is 0 Å². The van der Waals surface area contributed by atoms with Gasteiger partial charge in [0.05, 0.1) is 33.0 Å². The molecule has 18 heteroatoms. The maximum absolute atomic E-state index is 15.3. The van der Waals surface area contributed by atoms with E-state index in [2.05, 4.69) is 39.1 Å². The maximum atomic E-state index is 15.3. The lowest BCUT2D eigenvalue weighted by atomic mass is 9.47. The van der Waals surface area contributed by atoms with E-state index in [-0.39, 0.29) is 12.0 Å². The molecule has 9 rings (SSSR count). The third kappa shape index (κ3) is 6.69. The van der Waals surface area contributed by atoms with Gasteiger partial charge in [-0.2, -0.15) is 8.42 Å². The van der Waals surface area contributed by atoms with Crippen molar-refractivity contribution in [3.05, 3.63) is 70.9 Å². The molecule has 3 fully saturated rings. The van der Waals surface area contributed by atoms with Gasteiger partial charge in [-0.15, -0.1) is 0 Å². The third-order valence-corrected chi connectivity index (χ3v) is 15.6. The summed E-state index contributed by atoms with van der Waals surface area (Å²) < 4.78 is 55.5. The van der Waals surface area contributed by atoms with Gasteiger partial charge < -0.3 is 39.0 Å².